The molecule has 11 heteroatoms. The first-order valence-electron chi connectivity index (χ1n) is 11.0. The Balaban J connectivity index is 0.00000167. The molecule has 1 atom stereocenters. The number of nitrogens with one attached hydrogen (secondary N) is 2. The third-order valence-electron chi connectivity index (χ3n) is 5.49. The lowest BCUT2D eigenvalue weighted by Gasteiger charge is -2.08. The lowest BCUT2D eigenvalue weighted by molar-refractivity contribution is -0.121. The summed E-state index contributed by atoms with van der Waals surface area (Å²) in [7, 11) is 1.63. The van der Waals surface area contributed by atoms with Crippen molar-refractivity contribution < 1.29 is 22.4 Å². The second-order valence-corrected chi connectivity index (χ2v) is 7.53. The lowest BCUT2D eigenvalue weighted by Crippen LogP contribution is -2.25. The molecule has 0 aliphatic carbocycles. The molecule has 1 unspecified atom stereocenters. The molecule has 2 aromatic heterocycles. The minimum Gasteiger partial charge on any atom is -0.384 e. The Kier molecular flexibility index (Phi) is 7.78. The van der Waals surface area contributed by atoms with Gasteiger partial charge in [-0.1, -0.05) is 13.8 Å². The summed E-state index contributed by atoms with van der Waals surface area (Å²) in [6.45, 7) is 5.64. The zero-order valence-electron chi connectivity index (χ0n) is 19.7. The minimum absolute atomic E-state index is 0.0452. The molecule has 0 bridgehead atoms. The smallest absolute Gasteiger partial charge is 0.233 e. The molecule has 1 aliphatic heterocycles. The third-order valence-corrected chi connectivity index (χ3v) is 5.49. The number of pyridine rings is 1. The van der Waals surface area contributed by atoms with Crippen molar-refractivity contribution in [2.24, 2.45) is 16.6 Å². The molecule has 7 nitrogen and oxygen atoms in total. The van der Waals surface area contributed by atoms with Gasteiger partial charge in [0.25, 0.3) is 0 Å². The van der Waals surface area contributed by atoms with Gasteiger partial charge in [0.15, 0.2) is 11.6 Å². The largest absolute Gasteiger partial charge is 0.384 e. The fraction of sp³-hybridized carbons (Fsp3) is 0.292. The summed E-state index contributed by atoms with van der Waals surface area (Å²) in [5.74, 6) is -4.15. The highest BCUT2D eigenvalue weighted by Crippen LogP contribution is 2.24. The van der Waals surface area contributed by atoms with Crippen LogP contribution in [0.3, 0.4) is 0 Å². The molecule has 3 heterocycles. The van der Waals surface area contributed by atoms with E-state index in [0.29, 0.717) is 28.7 Å². The quantitative estimate of drug-likeness (QED) is 0.213. The van der Waals surface area contributed by atoms with Crippen molar-refractivity contribution in [3.63, 3.8) is 0 Å². The number of nitrogens with zero attached hydrogens (tertiary/aromatic N) is 3. The fourth-order valence-corrected chi connectivity index (χ4v) is 3.76. The summed E-state index contributed by atoms with van der Waals surface area (Å²) < 4.78 is 57.2. The van der Waals surface area contributed by atoms with Gasteiger partial charge in [-0.05, 0) is 31.2 Å². The maximum absolute atomic E-state index is 14.2. The average Bonchev–Trinajstić information content (AvgIpc) is 3.34. The number of carbonyl (C=O) groups excluding carboxylic acids is 1. The van der Waals surface area contributed by atoms with Crippen molar-refractivity contribution in [2.45, 2.75) is 33.7 Å². The Morgan fingerprint density at radius 1 is 1.17 bits per heavy atom. The molecule has 0 spiro atoms. The van der Waals surface area contributed by atoms with Crippen molar-refractivity contribution in [1.82, 2.24) is 20.0 Å². The van der Waals surface area contributed by atoms with E-state index < -0.39 is 41.2 Å². The lowest BCUT2D eigenvalue weighted by atomic mass is 10.0. The summed E-state index contributed by atoms with van der Waals surface area (Å²) in [5, 5.41) is 5.53. The van der Waals surface area contributed by atoms with E-state index in [4.69, 9.17) is 5.73 Å². The van der Waals surface area contributed by atoms with Gasteiger partial charge in [0.1, 0.15) is 29.1 Å². The number of benzene rings is 1. The third kappa shape index (κ3) is 4.98. The molecule has 3 aromatic rings. The molecular formula is C24H26F4N6O. The van der Waals surface area contributed by atoms with Gasteiger partial charge in [0, 0.05) is 30.8 Å². The van der Waals surface area contributed by atoms with E-state index in [1.807, 2.05) is 13.8 Å². The van der Waals surface area contributed by atoms with E-state index in [-0.39, 0.29) is 24.1 Å². The fourth-order valence-electron chi connectivity index (χ4n) is 3.76. The molecular weight excluding hydrogens is 464 g/mol. The Morgan fingerprint density at radius 2 is 1.86 bits per heavy atom. The number of aromatic nitrogens is 2. The van der Waals surface area contributed by atoms with E-state index in [1.165, 1.54) is 16.5 Å². The maximum Gasteiger partial charge on any atom is 0.233 e. The summed E-state index contributed by atoms with van der Waals surface area (Å²) >= 11 is 0. The van der Waals surface area contributed by atoms with Crippen molar-refractivity contribution >= 4 is 17.3 Å². The predicted molar refractivity (Wildman–Crippen MR) is 124 cm³/mol. The molecule has 35 heavy (non-hydrogen) atoms. The number of amides is 1. The number of imidazole rings is 1. The van der Waals surface area contributed by atoms with Gasteiger partial charge < -0.3 is 20.8 Å². The first kappa shape index (κ1) is 25.7. The van der Waals surface area contributed by atoms with Gasteiger partial charge in [0.2, 0.25) is 5.91 Å². The zero-order chi connectivity index (χ0) is 25.9. The van der Waals surface area contributed by atoms with Crippen molar-refractivity contribution in [1.29, 1.82) is 0 Å². The molecule has 1 aliphatic rings. The molecule has 186 valence electrons. The topological polar surface area (TPSA) is 96.8 Å². The molecule has 0 fully saturated rings. The highest BCUT2D eigenvalue weighted by Gasteiger charge is 2.31. The van der Waals surface area contributed by atoms with Crippen LogP contribution in [-0.4, -0.2) is 28.2 Å². The van der Waals surface area contributed by atoms with Crippen molar-refractivity contribution in [3.8, 4) is 0 Å². The van der Waals surface area contributed by atoms with Crippen LogP contribution in [0, 0.1) is 29.2 Å². The number of rotatable bonds is 6. The van der Waals surface area contributed by atoms with Gasteiger partial charge in [-0.3, -0.25) is 9.79 Å². The van der Waals surface area contributed by atoms with E-state index in [1.54, 1.807) is 14.0 Å². The van der Waals surface area contributed by atoms with E-state index in [0.717, 1.165) is 12.3 Å². The van der Waals surface area contributed by atoms with E-state index >= 15 is 0 Å². The second-order valence-electron chi connectivity index (χ2n) is 7.53. The second kappa shape index (κ2) is 10.6. The van der Waals surface area contributed by atoms with Crippen LogP contribution in [0.4, 0.5) is 17.6 Å². The summed E-state index contributed by atoms with van der Waals surface area (Å²) in [6.07, 6.45) is 0.705. The van der Waals surface area contributed by atoms with Crippen molar-refractivity contribution in [3.05, 3.63) is 82.2 Å². The Labute approximate surface area is 199 Å². The molecule has 1 aromatic carbocycles. The number of fused-ring (bicyclic) bond motifs is 1. The van der Waals surface area contributed by atoms with Crippen LogP contribution in [0.5, 0.6) is 0 Å². The van der Waals surface area contributed by atoms with E-state index in [2.05, 4.69) is 20.6 Å². The van der Waals surface area contributed by atoms with Crippen LogP contribution in [-0.2, 0) is 17.8 Å². The van der Waals surface area contributed by atoms with Crippen LogP contribution >= 0.6 is 0 Å². The standard InChI is InChI=1S/C22H20F4N6O.C2H6/c1-10-18(21(28-2)31-22(10)33)20(27)29-8-15-16-6-3-11(23)9-32(16)17(30-15)7-12-13(24)4-5-14(25)19(12)26;1-2/h3-6,9-10,28H,7-8H2,1-2H3,(H2,27,29)(H,31,33);1-2H3. The van der Waals surface area contributed by atoms with Crippen LogP contribution in [0.1, 0.15) is 37.9 Å². The first-order valence-corrected chi connectivity index (χ1v) is 11.0. The number of hydrogen-bond acceptors (Lipinski definition) is 4. The van der Waals surface area contributed by atoms with E-state index in [9.17, 15) is 22.4 Å². The van der Waals surface area contributed by atoms with Crippen LogP contribution in [0.25, 0.3) is 5.52 Å². The molecule has 4 rings (SSSR count). The summed E-state index contributed by atoms with van der Waals surface area (Å²) in [5.41, 5.74) is 6.91. The number of hydrogen-bond donors (Lipinski definition) is 3. The Morgan fingerprint density at radius 3 is 2.54 bits per heavy atom. The predicted octanol–water partition coefficient (Wildman–Crippen LogP) is 3.56. The first-order chi connectivity index (χ1) is 16.7. The SMILES string of the molecule is CC.CNC1=C(C(N)=NCc2nc(Cc3c(F)ccc(F)c3F)n3cc(F)ccc23)C(C)C(=O)N1. The summed E-state index contributed by atoms with van der Waals surface area (Å²) in [4.78, 5) is 20.7. The zero-order valence-corrected chi connectivity index (χ0v) is 19.7. The van der Waals surface area contributed by atoms with Gasteiger partial charge in [-0.2, -0.15) is 0 Å². The van der Waals surface area contributed by atoms with Crippen LogP contribution in [0.2, 0.25) is 0 Å². The van der Waals surface area contributed by atoms with Gasteiger partial charge in [0.05, 0.1) is 23.7 Å². The van der Waals surface area contributed by atoms with Gasteiger partial charge in [-0.15, -0.1) is 0 Å². The summed E-state index contributed by atoms with van der Waals surface area (Å²) in [6, 6.07) is 4.18. The molecule has 0 saturated carbocycles. The average molecular weight is 491 g/mol. The number of carbonyl (C=O) groups is 1. The highest BCUT2D eigenvalue weighted by atomic mass is 19.2. The number of halogens is 4. The Bertz CT molecular complexity index is 1330. The van der Waals surface area contributed by atoms with Crippen molar-refractivity contribution in [2.75, 3.05) is 7.05 Å². The number of amidine groups is 1. The maximum atomic E-state index is 14.2. The minimum atomic E-state index is -1.33. The monoisotopic (exact) mass is 490 g/mol. The van der Waals surface area contributed by atoms with Crippen LogP contribution in [0.15, 0.2) is 46.8 Å². The number of aliphatic imine (C=N–C) groups is 1. The Hall–Kier alpha value is -3.89. The highest BCUT2D eigenvalue weighted by molar-refractivity contribution is 6.06. The van der Waals surface area contributed by atoms with Gasteiger partial charge in [-0.25, -0.2) is 22.5 Å². The number of nitrogens with two attached hydrogens (primary N) is 1. The molecule has 0 saturated heterocycles. The normalized spacial score (nSPS) is 15.8. The molecule has 0 radical (unpaired) electrons. The molecule has 4 N–H and O–H groups in total. The van der Waals surface area contributed by atoms with Crippen LogP contribution < -0.4 is 16.4 Å². The van der Waals surface area contributed by atoms with Gasteiger partial charge >= 0.3 is 0 Å². The molecule has 1 amide bonds.